The number of unbranched alkanes of at least 4 members (excludes halogenated alkanes) is 1. The molecule has 3 rings (SSSR count). The number of rotatable bonds is 9. The van der Waals surface area contributed by atoms with Gasteiger partial charge in [0.15, 0.2) is 5.69 Å². The first-order valence-corrected chi connectivity index (χ1v) is 11.3. The molecule has 0 radical (unpaired) electrons. The van der Waals surface area contributed by atoms with E-state index in [0.29, 0.717) is 25.9 Å². The van der Waals surface area contributed by atoms with Gasteiger partial charge in [-0.2, -0.15) is 0 Å². The summed E-state index contributed by atoms with van der Waals surface area (Å²) in [4.78, 5) is 44.2. The second-order valence-corrected chi connectivity index (χ2v) is 8.06. The molecule has 174 valence electrons. The van der Waals surface area contributed by atoms with Gasteiger partial charge in [-0.15, -0.1) is 0 Å². The largest absolute Gasteiger partial charge is 0.497 e. The molecule has 3 N–H and O–H groups in total. The van der Waals surface area contributed by atoms with Gasteiger partial charge in [0.2, 0.25) is 5.91 Å². The SMILES string of the molecule is CCCCN(C(=O)CN1CCCc2cc(OC)ccc21)c1c(N)n(CCC)c(=O)[nH]c1=O. The van der Waals surface area contributed by atoms with Crippen molar-refractivity contribution in [2.75, 3.05) is 42.3 Å². The molecule has 0 saturated heterocycles. The Kier molecular flexibility index (Phi) is 7.61. The first kappa shape index (κ1) is 23.4. The van der Waals surface area contributed by atoms with Gasteiger partial charge >= 0.3 is 5.69 Å². The maximum Gasteiger partial charge on any atom is 0.330 e. The molecule has 0 atom stereocenters. The molecule has 0 spiro atoms. The quantitative estimate of drug-likeness (QED) is 0.614. The fraction of sp³-hybridized carbons (Fsp3) is 0.522. The predicted molar refractivity (Wildman–Crippen MR) is 127 cm³/mol. The van der Waals surface area contributed by atoms with Crippen LogP contribution < -0.4 is 31.5 Å². The number of nitrogen functional groups attached to an aromatic ring is 1. The van der Waals surface area contributed by atoms with Crippen molar-refractivity contribution in [3.05, 3.63) is 44.6 Å². The molecule has 32 heavy (non-hydrogen) atoms. The molecule has 1 aliphatic rings. The van der Waals surface area contributed by atoms with E-state index in [1.807, 2.05) is 36.9 Å². The Labute approximate surface area is 187 Å². The average molecular weight is 444 g/mol. The molecule has 9 nitrogen and oxygen atoms in total. The van der Waals surface area contributed by atoms with Gasteiger partial charge in [-0.25, -0.2) is 4.79 Å². The Balaban J connectivity index is 1.95. The van der Waals surface area contributed by atoms with Gasteiger partial charge in [-0.1, -0.05) is 20.3 Å². The van der Waals surface area contributed by atoms with Crippen molar-refractivity contribution in [2.45, 2.75) is 52.5 Å². The number of fused-ring (bicyclic) bond motifs is 1. The van der Waals surface area contributed by atoms with Crippen molar-refractivity contribution in [1.82, 2.24) is 9.55 Å². The van der Waals surface area contributed by atoms with Gasteiger partial charge in [-0.3, -0.25) is 19.1 Å². The van der Waals surface area contributed by atoms with E-state index in [0.717, 1.165) is 42.8 Å². The molecule has 1 amide bonds. The van der Waals surface area contributed by atoms with E-state index in [-0.39, 0.29) is 24.0 Å². The van der Waals surface area contributed by atoms with Crippen molar-refractivity contribution < 1.29 is 9.53 Å². The highest BCUT2D eigenvalue weighted by Crippen LogP contribution is 2.30. The number of aromatic nitrogens is 2. The van der Waals surface area contributed by atoms with Crippen molar-refractivity contribution in [3.63, 3.8) is 0 Å². The zero-order chi connectivity index (χ0) is 23.3. The van der Waals surface area contributed by atoms with Crippen LogP contribution in [0.25, 0.3) is 0 Å². The highest BCUT2D eigenvalue weighted by molar-refractivity contribution is 5.98. The lowest BCUT2D eigenvalue weighted by molar-refractivity contribution is -0.117. The number of hydrogen-bond donors (Lipinski definition) is 2. The van der Waals surface area contributed by atoms with Crippen molar-refractivity contribution in [1.29, 1.82) is 0 Å². The standard InChI is InChI=1S/C23H33N5O4/c1-4-6-13-27(20-21(24)28(11-5-2)23(31)25-22(20)30)19(29)15-26-12-7-8-16-14-17(32-3)9-10-18(16)26/h9-10,14H,4-8,11-13,15,24H2,1-3H3,(H,25,30,31). The number of methoxy groups -OCH3 is 1. The number of aryl methyl sites for hydroxylation is 1. The highest BCUT2D eigenvalue weighted by atomic mass is 16.5. The fourth-order valence-corrected chi connectivity index (χ4v) is 4.15. The minimum atomic E-state index is -0.631. The lowest BCUT2D eigenvalue weighted by Crippen LogP contribution is -2.46. The van der Waals surface area contributed by atoms with Crippen LogP contribution in [-0.2, 0) is 17.8 Å². The molecule has 1 aliphatic heterocycles. The number of H-pyrrole nitrogens is 1. The zero-order valence-corrected chi connectivity index (χ0v) is 19.1. The van der Waals surface area contributed by atoms with Gasteiger partial charge in [0, 0.05) is 25.3 Å². The second kappa shape index (κ2) is 10.4. The Bertz CT molecular complexity index is 1080. The van der Waals surface area contributed by atoms with Gasteiger partial charge in [-0.05, 0) is 49.4 Å². The number of carbonyl (C=O) groups is 1. The number of nitrogens with two attached hydrogens (primary N) is 1. The average Bonchev–Trinajstić information content (AvgIpc) is 2.78. The van der Waals surface area contributed by atoms with E-state index in [4.69, 9.17) is 10.5 Å². The summed E-state index contributed by atoms with van der Waals surface area (Å²) in [7, 11) is 1.64. The minimum Gasteiger partial charge on any atom is -0.497 e. The monoisotopic (exact) mass is 443 g/mol. The third kappa shape index (κ3) is 4.81. The van der Waals surface area contributed by atoms with Gasteiger partial charge < -0.3 is 20.3 Å². The topological polar surface area (TPSA) is 114 Å². The second-order valence-electron chi connectivity index (χ2n) is 8.06. The molecule has 2 heterocycles. The van der Waals surface area contributed by atoms with E-state index in [2.05, 4.69) is 4.98 Å². The smallest absolute Gasteiger partial charge is 0.330 e. The molecule has 1 aromatic carbocycles. The van der Waals surface area contributed by atoms with Crippen LogP contribution in [0.1, 0.15) is 45.1 Å². The van der Waals surface area contributed by atoms with Crippen LogP contribution in [-0.4, -0.2) is 42.2 Å². The summed E-state index contributed by atoms with van der Waals surface area (Å²) in [6, 6.07) is 5.86. The van der Waals surface area contributed by atoms with Crippen molar-refractivity contribution >= 4 is 23.1 Å². The number of anilines is 3. The molecular weight excluding hydrogens is 410 g/mol. The maximum absolute atomic E-state index is 13.5. The van der Waals surface area contributed by atoms with Crippen LogP contribution in [0.3, 0.4) is 0 Å². The van der Waals surface area contributed by atoms with Crippen LogP contribution in [0.5, 0.6) is 5.75 Å². The van der Waals surface area contributed by atoms with Crippen LogP contribution >= 0.6 is 0 Å². The fourth-order valence-electron chi connectivity index (χ4n) is 4.15. The number of aromatic amines is 1. The zero-order valence-electron chi connectivity index (χ0n) is 19.1. The Morgan fingerprint density at radius 3 is 2.72 bits per heavy atom. The predicted octanol–water partition coefficient (Wildman–Crippen LogP) is 2.12. The summed E-state index contributed by atoms with van der Waals surface area (Å²) in [6.07, 6.45) is 4.08. The van der Waals surface area contributed by atoms with E-state index >= 15 is 0 Å². The summed E-state index contributed by atoms with van der Waals surface area (Å²) in [6.45, 7) is 5.52. The lowest BCUT2D eigenvalue weighted by Gasteiger charge is -2.33. The first-order valence-electron chi connectivity index (χ1n) is 11.3. The molecule has 0 bridgehead atoms. The first-order chi connectivity index (χ1) is 15.4. The molecule has 0 saturated carbocycles. The molecular formula is C23H33N5O4. The number of ether oxygens (including phenoxy) is 1. The minimum absolute atomic E-state index is 0.0360. The number of nitrogens with one attached hydrogen (secondary N) is 1. The third-order valence-corrected chi connectivity index (χ3v) is 5.80. The van der Waals surface area contributed by atoms with Gasteiger partial charge in [0.1, 0.15) is 11.6 Å². The maximum atomic E-state index is 13.5. The Morgan fingerprint density at radius 1 is 1.25 bits per heavy atom. The Morgan fingerprint density at radius 2 is 2.03 bits per heavy atom. The summed E-state index contributed by atoms with van der Waals surface area (Å²) in [5, 5.41) is 0. The summed E-state index contributed by atoms with van der Waals surface area (Å²) >= 11 is 0. The van der Waals surface area contributed by atoms with Crippen LogP contribution in [0.15, 0.2) is 27.8 Å². The molecule has 1 aromatic heterocycles. The van der Waals surface area contributed by atoms with E-state index in [1.54, 1.807) is 7.11 Å². The third-order valence-electron chi connectivity index (χ3n) is 5.80. The molecule has 0 aliphatic carbocycles. The lowest BCUT2D eigenvalue weighted by atomic mass is 10.0. The molecule has 0 fully saturated rings. The van der Waals surface area contributed by atoms with E-state index in [9.17, 15) is 14.4 Å². The number of carbonyl (C=O) groups excluding carboxylic acids is 1. The van der Waals surface area contributed by atoms with E-state index in [1.165, 1.54) is 9.47 Å². The number of benzene rings is 1. The summed E-state index contributed by atoms with van der Waals surface area (Å²) in [5.41, 5.74) is 7.25. The Hall–Kier alpha value is -3.23. The highest BCUT2D eigenvalue weighted by Gasteiger charge is 2.27. The summed E-state index contributed by atoms with van der Waals surface area (Å²) < 4.78 is 6.66. The van der Waals surface area contributed by atoms with Gasteiger partial charge in [0.25, 0.3) is 5.56 Å². The number of hydrogen-bond acceptors (Lipinski definition) is 6. The number of nitrogens with zero attached hydrogens (tertiary/aromatic N) is 3. The molecule has 0 unspecified atom stereocenters. The normalized spacial score (nSPS) is 13.0. The molecule has 2 aromatic rings. The van der Waals surface area contributed by atoms with Crippen molar-refractivity contribution in [3.8, 4) is 5.75 Å². The van der Waals surface area contributed by atoms with Crippen LogP contribution in [0.4, 0.5) is 17.2 Å². The number of amides is 1. The molecule has 9 heteroatoms. The van der Waals surface area contributed by atoms with Crippen LogP contribution in [0, 0.1) is 0 Å². The summed E-state index contributed by atoms with van der Waals surface area (Å²) in [5.74, 6) is 0.605. The van der Waals surface area contributed by atoms with Crippen LogP contribution in [0.2, 0.25) is 0 Å². The van der Waals surface area contributed by atoms with Crippen molar-refractivity contribution in [2.24, 2.45) is 0 Å². The van der Waals surface area contributed by atoms with E-state index < -0.39 is 11.2 Å². The van der Waals surface area contributed by atoms with Gasteiger partial charge in [0.05, 0.1) is 13.7 Å².